The van der Waals surface area contributed by atoms with Crippen molar-refractivity contribution in [2.45, 2.75) is 39.5 Å². The number of nitrogens with one attached hydrogen (secondary N) is 1. The Labute approximate surface area is 222 Å². The fourth-order valence-corrected chi connectivity index (χ4v) is 4.02. The number of nitrogens with zero attached hydrogens (tertiary/aromatic N) is 3. The molecule has 0 bridgehead atoms. The highest BCUT2D eigenvalue weighted by molar-refractivity contribution is 5.85. The maximum Gasteiger partial charge on any atom is 0.387 e. The first-order chi connectivity index (χ1) is 18.5. The number of pyridine rings is 1. The van der Waals surface area contributed by atoms with Gasteiger partial charge in [0.2, 0.25) is 5.91 Å². The number of carbonyl (C=O) groups excluding carboxylic acids is 2. The van der Waals surface area contributed by atoms with Crippen LogP contribution >= 0.6 is 0 Å². The lowest BCUT2D eigenvalue weighted by molar-refractivity contribution is -0.123. The lowest BCUT2D eigenvalue weighted by Crippen LogP contribution is -2.43. The molecule has 0 atom stereocenters. The summed E-state index contributed by atoms with van der Waals surface area (Å²) in [4.78, 5) is 46.9. The van der Waals surface area contributed by atoms with Crippen LogP contribution < -0.4 is 20.3 Å². The summed E-state index contributed by atoms with van der Waals surface area (Å²) in [5.41, 5.74) is 0.729. The average Bonchev–Trinajstić information content (AvgIpc) is 2.88. The van der Waals surface area contributed by atoms with E-state index in [0.29, 0.717) is 28.7 Å². The maximum atomic E-state index is 13.8. The molecule has 4 rings (SSSR count). The van der Waals surface area contributed by atoms with Gasteiger partial charge in [-0.1, -0.05) is 12.1 Å². The Bertz CT molecular complexity index is 1610. The van der Waals surface area contributed by atoms with Crippen molar-refractivity contribution in [1.29, 1.82) is 0 Å². The largest absolute Gasteiger partial charge is 0.497 e. The van der Waals surface area contributed by atoms with Gasteiger partial charge in [-0.15, -0.1) is 0 Å². The molecule has 4 aromatic rings. The summed E-state index contributed by atoms with van der Waals surface area (Å²) in [7, 11) is 1.47. The minimum Gasteiger partial charge on any atom is -0.497 e. The third-order valence-corrected chi connectivity index (χ3v) is 5.58. The van der Waals surface area contributed by atoms with Crippen LogP contribution in [0.15, 0.2) is 59.5 Å². The summed E-state index contributed by atoms with van der Waals surface area (Å²) in [6.07, 6.45) is 2.18. The van der Waals surface area contributed by atoms with Gasteiger partial charge >= 0.3 is 6.61 Å². The summed E-state index contributed by atoms with van der Waals surface area (Å²) in [5.74, 6) is -0.0687. The van der Waals surface area contributed by atoms with Crippen LogP contribution in [-0.2, 0) is 11.3 Å². The molecule has 0 unspecified atom stereocenters. The van der Waals surface area contributed by atoms with Crippen molar-refractivity contribution in [1.82, 2.24) is 19.9 Å². The topological polar surface area (TPSA) is 112 Å². The molecule has 0 spiro atoms. The normalized spacial score (nSPS) is 11.5. The van der Waals surface area contributed by atoms with E-state index in [-0.39, 0.29) is 34.7 Å². The molecule has 2 heterocycles. The Morgan fingerprint density at radius 2 is 1.82 bits per heavy atom. The molecule has 0 aliphatic heterocycles. The summed E-state index contributed by atoms with van der Waals surface area (Å²) >= 11 is 0. The number of hydrogen-bond acceptors (Lipinski definition) is 7. The standard InChI is InChI=1S/C28H26F2N4O5/c1-28(2,3)33-23(36)14-34-25(17-6-5-7-20(10-17)39-27(29)30)32-24-22(26(34)37)12-19(13-31-24)18-8-16(15-35)9-21(11-18)38-4/h5-13,15,27H,14H2,1-4H3,(H,33,36). The number of methoxy groups -OCH3 is 1. The van der Waals surface area contributed by atoms with Gasteiger partial charge in [0.15, 0.2) is 5.65 Å². The Balaban J connectivity index is 1.91. The van der Waals surface area contributed by atoms with Crippen molar-refractivity contribution in [2.24, 2.45) is 0 Å². The van der Waals surface area contributed by atoms with E-state index in [1.807, 2.05) is 0 Å². The average molecular weight is 537 g/mol. The molecule has 0 aliphatic rings. The van der Waals surface area contributed by atoms with E-state index in [9.17, 15) is 23.2 Å². The van der Waals surface area contributed by atoms with Crippen LogP contribution in [0.25, 0.3) is 33.5 Å². The summed E-state index contributed by atoms with van der Waals surface area (Å²) in [6, 6.07) is 12.2. The quantitative estimate of drug-likeness (QED) is 0.331. The molecular weight excluding hydrogens is 510 g/mol. The van der Waals surface area contributed by atoms with Crippen molar-refractivity contribution >= 4 is 23.2 Å². The number of aromatic nitrogens is 3. The number of fused-ring (bicyclic) bond motifs is 1. The van der Waals surface area contributed by atoms with E-state index in [2.05, 4.69) is 20.0 Å². The Morgan fingerprint density at radius 1 is 1.08 bits per heavy atom. The molecule has 11 heteroatoms. The summed E-state index contributed by atoms with van der Waals surface area (Å²) < 4.78 is 36.6. The van der Waals surface area contributed by atoms with Crippen LogP contribution in [0.2, 0.25) is 0 Å². The van der Waals surface area contributed by atoms with E-state index >= 15 is 0 Å². The first-order valence-electron chi connectivity index (χ1n) is 11.9. The SMILES string of the molecule is COc1cc(C=O)cc(-c2cnc3nc(-c4cccc(OC(F)F)c4)n(CC(=O)NC(C)(C)C)c(=O)c3c2)c1. The van der Waals surface area contributed by atoms with Crippen molar-refractivity contribution in [3.8, 4) is 34.0 Å². The number of benzene rings is 2. The number of alkyl halides is 2. The fraction of sp³-hybridized carbons (Fsp3) is 0.250. The van der Waals surface area contributed by atoms with Gasteiger partial charge < -0.3 is 14.8 Å². The molecule has 0 saturated heterocycles. The van der Waals surface area contributed by atoms with Crippen LogP contribution in [-0.4, -0.2) is 46.0 Å². The van der Waals surface area contributed by atoms with Crippen molar-refractivity contribution in [3.05, 3.63) is 70.6 Å². The minimum atomic E-state index is -3.04. The van der Waals surface area contributed by atoms with Crippen LogP contribution in [0.5, 0.6) is 11.5 Å². The van der Waals surface area contributed by atoms with E-state index < -0.39 is 23.6 Å². The summed E-state index contributed by atoms with van der Waals surface area (Å²) in [5, 5.41) is 2.93. The highest BCUT2D eigenvalue weighted by Gasteiger charge is 2.20. The maximum absolute atomic E-state index is 13.8. The van der Waals surface area contributed by atoms with Gasteiger partial charge in [0.25, 0.3) is 5.56 Å². The monoisotopic (exact) mass is 536 g/mol. The lowest BCUT2D eigenvalue weighted by Gasteiger charge is -2.21. The predicted octanol–water partition coefficient (Wildman–Crippen LogP) is 4.46. The van der Waals surface area contributed by atoms with Gasteiger partial charge in [0, 0.05) is 28.4 Å². The molecule has 2 aromatic carbocycles. The molecular formula is C28H26F2N4O5. The number of halogens is 2. The molecule has 0 fully saturated rings. The second-order valence-corrected chi connectivity index (χ2v) is 9.74. The van der Waals surface area contributed by atoms with Gasteiger partial charge in [0.05, 0.1) is 12.5 Å². The number of hydrogen-bond donors (Lipinski definition) is 1. The smallest absolute Gasteiger partial charge is 0.387 e. The molecule has 9 nitrogen and oxygen atoms in total. The van der Waals surface area contributed by atoms with Gasteiger partial charge in [-0.2, -0.15) is 8.78 Å². The van der Waals surface area contributed by atoms with Crippen LogP contribution in [0.3, 0.4) is 0 Å². The second-order valence-electron chi connectivity index (χ2n) is 9.74. The molecule has 0 aliphatic carbocycles. The molecule has 0 saturated carbocycles. The summed E-state index contributed by atoms with van der Waals surface area (Å²) in [6.45, 7) is 1.98. The number of rotatable bonds is 8. The number of amides is 1. The van der Waals surface area contributed by atoms with E-state index in [1.54, 1.807) is 51.1 Å². The third kappa shape index (κ3) is 6.43. The van der Waals surface area contributed by atoms with Gasteiger partial charge in [-0.25, -0.2) is 9.97 Å². The fourth-order valence-electron chi connectivity index (χ4n) is 4.02. The Hall–Kier alpha value is -4.67. The number of ether oxygens (including phenoxy) is 2. The van der Waals surface area contributed by atoms with E-state index in [4.69, 9.17) is 4.74 Å². The second kappa shape index (κ2) is 11.0. The zero-order chi connectivity index (χ0) is 28.3. The molecule has 1 N–H and O–H groups in total. The molecule has 202 valence electrons. The highest BCUT2D eigenvalue weighted by Crippen LogP contribution is 2.28. The Morgan fingerprint density at radius 3 is 2.49 bits per heavy atom. The number of aldehydes is 1. The van der Waals surface area contributed by atoms with Gasteiger partial charge in [0.1, 0.15) is 30.2 Å². The lowest BCUT2D eigenvalue weighted by atomic mass is 10.0. The molecule has 1 amide bonds. The van der Waals surface area contributed by atoms with Crippen molar-refractivity contribution < 1.29 is 27.8 Å². The first kappa shape index (κ1) is 27.4. The first-order valence-corrected chi connectivity index (χ1v) is 11.9. The van der Waals surface area contributed by atoms with Crippen LogP contribution in [0.4, 0.5) is 8.78 Å². The van der Waals surface area contributed by atoms with E-state index in [0.717, 1.165) is 0 Å². The Kier molecular flexibility index (Phi) is 7.70. The number of carbonyl (C=O) groups is 2. The van der Waals surface area contributed by atoms with Crippen molar-refractivity contribution in [3.63, 3.8) is 0 Å². The molecule has 2 aromatic heterocycles. The van der Waals surface area contributed by atoms with Crippen molar-refractivity contribution in [2.75, 3.05) is 7.11 Å². The highest BCUT2D eigenvalue weighted by atomic mass is 19.3. The third-order valence-electron chi connectivity index (χ3n) is 5.58. The van der Waals surface area contributed by atoms with Crippen LogP contribution in [0, 0.1) is 0 Å². The predicted molar refractivity (Wildman–Crippen MR) is 141 cm³/mol. The van der Waals surface area contributed by atoms with Crippen LogP contribution in [0.1, 0.15) is 31.1 Å². The minimum absolute atomic E-state index is 0.0566. The zero-order valence-corrected chi connectivity index (χ0v) is 21.7. The van der Waals surface area contributed by atoms with Gasteiger partial charge in [-0.05, 0) is 62.7 Å². The van der Waals surface area contributed by atoms with Gasteiger partial charge in [-0.3, -0.25) is 19.0 Å². The molecule has 39 heavy (non-hydrogen) atoms. The molecule has 0 radical (unpaired) electrons. The van der Waals surface area contributed by atoms with E-state index in [1.165, 1.54) is 36.1 Å². The zero-order valence-electron chi connectivity index (χ0n) is 21.7.